The number of para-hydroxylation sites is 1. The van der Waals surface area contributed by atoms with Crippen LogP contribution in [0.1, 0.15) is 0 Å². The normalized spacial score (nSPS) is 9.40. The minimum atomic E-state index is -1.13. The summed E-state index contributed by atoms with van der Waals surface area (Å²) in [6.07, 6.45) is 0. The second-order valence-electron chi connectivity index (χ2n) is 2.57. The average Bonchev–Trinajstić information content (AvgIpc) is 2.25. The van der Waals surface area contributed by atoms with Gasteiger partial charge in [0.15, 0.2) is 0 Å². The van der Waals surface area contributed by atoms with Crippen molar-refractivity contribution in [3.8, 4) is 5.75 Å². The molecule has 15 heavy (non-hydrogen) atoms. The number of benzene rings is 1. The van der Waals surface area contributed by atoms with Crippen molar-refractivity contribution in [2.75, 3.05) is 13.2 Å². The van der Waals surface area contributed by atoms with Crippen molar-refractivity contribution in [1.82, 2.24) is 0 Å². The molecule has 80 valence electrons. The minimum Gasteiger partial charge on any atom is -0.490 e. The molecule has 1 rings (SSSR count). The minimum absolute atomic E-state index is 0.00775. The number of halogens is 1. The fraction of sp³-hybridized carbons (Fsp3) is 0.200. The van der Waals surface area contributed by atoms with Crippen LogP contribution in [0.5, 0.6) is 5.75 Å². The molecule has 0 saturated carbocycles. The third-order valence-electron chi connectivity index (χ3n) is 1.49. The lowest BCUT2D eigenvalue weighted by Gasteiger charge is -2.05. The topological polar surface area (TPSA) is 52.6 Å². The average molecular weight is 229 g/mol. The molecule has 0 aliphatic rings. The maximum atomic E-state index is 10.6. The molecule has 0 aromatic heterocycles. The molecule has 4 nitrogen and oxygen atoms in total. The highest BCUT2D eigenvalue weighted by molar-refractivity contribution is 6.80. The number of carbonyl (C=O) groups excluding carboxylic acids is 2. The Balaban J connectivity index is 2.18. The van der Waals surface area contributed by atoms with Crippen molar-refractivity contribution in [3.63, 3.8) is 0 Å². The van der Waals surface area contributed by atoms with Crippen LogP contribution < -0.4 is 4.74 Å². The van der Waals surface area contributed by atoms with Gasteiger partial charge in [-0.1, -0.05) is 18.2 Å². The van der Waals surface area contributed by atoms with E-state index in [9.17, 15) is 9.59 Å². The maximum absolute atomic E-state index is 10.6. The van der Waals surface area contributed by atoms with Crippen LogP contribution in [-0.4, -0.2) is 24.4 Å². The summed E-state index contributed by atoms with van der Waals surface area (Å²) in [5.74, 6) is -0.390. The van der Waals surface area contributed by atoms with Gasteiger partial charge >= 0.3 is 11.2 Å². The van der Waals surface area contributed by atoms with Gasteiger partial charge in [-0.3, -0.25) is 4.79 Å². The third kappa shape index (κ3) is 4.46. The molecule has 0 spiro atoms. The predicted molar refractivity (Wildman–Crippen MR) is 53.8 cm³/mol. The van der Waals surface area contributed by atoms with Crippen LogP contribution in [0.2, 0.25) is 0 Å². The van der Waals surface area contributed by atoms with Gasteiger partial charge in [-0.05, 0) is 23.7 Å². The number of esters is 1. The lowest BCUT2D eigenvalue weighted by molar-refractivity contribution is -0.150. The number of rotatable bonds is 5. The third-order valence-corrected chi connectivity index (χ3v) is 1.64. The molecule has 0 unspecified atom stereocenters. The molecule has 0 atom stereocenters. The van der Waals surface area contributed by atoms with E-state index in [1.54, 1.807) is 12.1 Å². The van der Waals surface area contributed by atoms with Gasteiger partial charge in [0.05, 0.1) is 0 Å². The first kappa shape index (κ1) is 11.5. The highest BCUT2D eigenvalue weighted by Gasteiger charge is 2.10. The molecule has 1 aromatic rings. The largest absolute Gasteiger partial charge is 0.490 e. The molecule has 0 aliphatic heterocycles. The van der Waals surface area contributed by atoms with Gasteiger partial charge in [0.25, 0.3) is 0 Å². The molecule has 0 radical (unpaired) electrons. The standard InChI is InChI=1S/C10H9ClO4/c11-9(12)10(13)15-7-6-14-8-4-2-1-3-5-8/h1-5H,6-7H2. The van der Waals surface area contributed by atoms with Crippen LogP contribution in [0.3, 0.4) is 0 Å². The highest BCUT2D eigenvalue weighted by Crippen LogP contribution is 2.07. The summed E-state index contributed by atoms with van der Waals surface area (Å²) in [6, 6.07) is 9.05. The number of carbonyl (C=O) groups is 2. The Kier molecular flexibility index (Phi) is 4.63. The Bertz CT molecular complexity index is 337. The molecule has 0 aliphatic carbocycles. The Morgan fingerprint density at radius 1 is 1.13 bits per heavy atom. The van der Waals surface area contributed by atoms with Crippen LogP contribution in [0, 0.1) is 0 Å². The van der Waals surface area contributed by atoms with Crippen LogP contribution in [0.25, 0.3) is 0 Å². The van der Waals surface area contributed by atoms with Crippen LogP contribution in [-0.2, 0) is 14.3 Å². The first-order valence-corrected chi connectivity index (χ1v) is 4.62. The quantitative estimate of drug-likeness (QED) is 0.331. The van der Waals surface area contributed by atoms with Crippen molar-refractivity contribution in [2.24, 2.45) is 0 Å². The SMILES string of the molecule is O=C(Cl)C(=O)OCCOc1ccccc1. The highest BCUT2D eigenvalue weighted by atomic mass is 35.5. The van der Waals surface area contributed by atoms with E-state index in [0.717, 1.165) is 0 Å². The summed E-state index contributed by atoms with van der Waals surface area (Å²) in [7, 11) is 0. The number of ether oxygens (including phenoxy) is 2. The fourth-order valence-corrected chi connectivity index (χ4v) is 0.922. The van der Waals surface area contributed by atoms with E-state index in [4.69, 9.17) is 16.3 Å². The van der Waals surface area contributed by atoms with Crippen LogP contribution >= 0.6 is 11.6 Å². The summed E-state index contributed by atoms with van der Waals surface area (Å²) in [5.41, 5.74) is 0. The molecule has 0 N–H and O–H groups in total. The molecular weight excluding hydrogens is 220 g/mol. The van der Waals surface area contributed by atoms with Crippen molar-refractivity contribution in [3.05, 3.63) is 30.3 Å². The van der Waals surface area contributed by atoms with Crippen molar-refractivity contribution in [2.45, 2.75) is 0 Å². The van der Waals surface area contributed by atoms with Gasteiger partial charge in [0.2, 0.25) is 0 Å². The molecule has 0 saturated heterocycles. The van der Waals surface area contributed by atoms with Gasteiger partial charge in [0.1, 0.15) is 19.0 Å². The first-order valence-electron chi connectivity index (χ1n) is 4.24. The molecule has 5 heteroatoms. The molecule has 1 aromatic carbocycles. The van der Waals surface area contributed by atoms with Gasteiger partial charge < -0.3 is 9.47 Å². The second kappa shape index (κ2) is 6.03. The van der Waals surface area contributed by atoms with Crippen molar-refractivity contribution in [1.29, 1.82) is 0 Å². The van der Waals surface area contributed by atoms with Gasteiger partial charge in [-0.25, -0.2) is 4.79 Å². The fourth-order valence-electron chi connectivity index (χ4n) is 0.867. The lowest BCUT2D eigenvalue weighted by Crippen LogP contribution is -2.16. The summed E-state index contributed by atoms with van der Waals surface area (Å²) in [6.45, 7) is 0.173. The molecule has 0 amide bonds. The monoisotopic (exact) mass is 228 g/mol. The van der Waals surface area contributed by atoms with Crippen LogP contribution in [0.15, 0.2) is 30.3 Å². The molecule has 0 heterocycles. The molecular formula is C10H9ClO4. The van der Waals surface area contributed by atoms with E-state index in [0.29, 0.717) is 5.75 Å². The molecule has 0 bridgehead atoms. The zero-order chi connectivity index (χ0) is 11.1. The maximum Gasteiger partial charge on any atom is 0.391 e. The summed E-state index contributed by atoms with van der Waals surface area (Å²) >= 11 is 4.87. The molecule has 0 fully saturated rings. The Hall–Kier alpha value is -1.55. The second-order valence-corrected chi connectivity index (χ2v) is 2.91. The van der Waals surface area contributed by atoms with Gasteiger partial charge in [-0.15, -0.1) is 0 Å². The Morgan fingerprint density at radius 3 is 2.40 bits per heavy atom. The van der Waals surface area contributed by atoms with Gasteiger partial charge in [0, 0.05) is 0 Å². The van der Waals surface area contributed by atoms with E-state index in [1.807, 2.05) is 18.2 Å². The van der Waals surface area contributed by atoms with E-state index in [1.165, 1.54) is 0 Å². The smallest absolute Gasteiger partial charge is 0.391 e. The van der Waals surface area contributed by atoms with E-state index in [-0.39, 0.29) is 13.2 Å². The van der Waals surface area contributed by atoms with E-state index < -0.39 is 11.2 Å². The Labute approximate surface area is 91.7 Å². The van der Waals surface area contributed by atoms with E-state index in [2.05, 4.69) is 4.74 Å². The zero-order valence-electron chi connectivity index (χ0n) is 7.81. The number of hydrogen-bond acceptors (Lipinski definition) is 4. The first-order chi connectivity index (χ1) is 7.20. The zero-order valence-corrected chi connectivity index (χ0v) is 8.57. The Morgan fingerprint density at radius 2 is 1.80 bits per heavy atom. The summed E-state index contributed by atoms with van der Waals surface area (Å²) in [5, 5.41) is -1.13. The summed E-state index contributed by atoms with van der Waals surface area (Å²) < 4.78 is 9.68. The van der Waals surface area contributed by atoms with Crippen molar-refractivity contribution >= 4 is 22.8 Å². The lowest BCUT2D eigenvalue weighted by atomic mass is 10.3. The predicted octanol–water partition coefficient (Wildman–Crippen LogP) is 1.37. The van der Waals surface area contributed by atoms with Gasteiger partial charge in [-0.2, -0.15) is 0 Å². The van der Waals surface area contributed by atoms with Crippen molar-refractivity contribution < 1.29 is 19.1 Å². The summed E-state index contributed by atoms with van der Waals surface area (Å²) in [4.78, 5) is 20.9. The van der Waals surface area contributed by atoms with Crippen LogP contribution in [0.4, 0.5) is 0 Å². The number of hydrogen-bond donors (Lipinski definition) is 0. The van der Waals surface area contributed by atoms with E-state index >= 15 is 0 Å².